The SMILES string of the molecule is CC(Cc1ccccc1)C(=O)CCCCC(=O)C1CCCC2CCCCC21. The molecule has 3 rings (SSSR count). The lowest BCUT2D eigenvalue weighted by molar-refractivity contribution is -0.128. The van der Waals surface area contributed by atoms with Crippen LogP contribution in [0.25, 0.3) is 0 Å². The minimum atomic E-state index is 0.0736. The zero-order chi connectivity index (χ0) is 19.1. The molecule has 2 saturated carbocycles. The first kappa shape index (κ1) is 20.3. The first-order valence-corrected chi connectivity index (χ1v) is 11.2. The Morgan fingerprint density at radius 1 is 0.926 bits per heavy atom. The molecule has 2 aliphatic carbocycles. The van der Waals surface area contributed by atoms with Crippen LogP contribution < -0.4 is 0 Å². The van der Waals surface area contributed by atoms with E-state index in [4.69, 9.17) is 0 Å². The van der Waals surface area contributed by atoms with Crippen LogP contribution in [0.1, 0.15) is 83.1 Å². The average molecular weight is 369 g/mol. The van der Waals surface area contributed by atoms with E-state index >= 15 is 0 Å². The molecule has 0 saturated heterocycles. The molecular weight excluding hydrogens is 332 g/mol. The van der Waals surface area contributed by atoms with Gasteiger partial charge in [-0.3, -0.25) is 9.59 Å². The van der Waals surface area contributed by atoms with E-state index in [0.717, 1.165) is 31.6 Å². The van der Waals surface area contributed by atoms with E-state index in [1.165, 1.54) is 44.1 Å². The lowest BCUT2D eigenvalue weighted by Gasteiger charge is -2.40. The summed E-state index contributed by atoms with van der Waals surface area (Å²) in [7, 11) is 0. The van der Waals surface area contributed by atoms with E-state index in [-0.39, 0.29) is 5.92 Å². The van der Waals surface area contributed by atoms with Gasteiger partial charge < -0.3 is 0 Å². The van der Waals surface area contributed by atoms with Crippen LogP contribution in [0.5, 0.6) is 0 Å². The van der Waals surface area contributed by atoms with Crippen LogP contribution in [0.4, 0.5) is 0 Å². The van der Waals surface area contributed by atoms with Crippen LogP contribution in [0.3, 0.4) is 0 Å². The molecule has 0 aromatic heterocycles. The molecule has 0 aliphatic heterocycles. The molecule has 2 aliphatic rings. The molecule has 0 N–H and O–H groups in total. The van der Waals surface area contributed by atoms with Crippen molar-refractivity contribution in [1.82, 2.24) is 0 Å². The van der Waals surface area contributed by atoms with E-state index in [1.807, 2.05) is 25.1 Å². The lowest BCUT2D eigenvalue weighted by atomic mass is 9.64. The van der Waals surface area contributed by atoms with Crippen LogP contribution in [0.2, 0.25) is 0 Å². The van der Waals surface area contributed by atoms with Gasteiger partial charge in [-0.25, -0.2) is 0 Å². The summed E-state index contributed by atoms with van der Waals surface area (Å²) in [6.45, 7) is 2.03. The quantitative estimate of drug-likeness (QED) is 0.488. The molecule has 0 bridgehead atoms. The highest BCUT2D eigenvalue weighted by atomic mass is 16.1. The van der Waals surface area contributed by atoms with Crippen molar-refractivity contribution in [3.8, 4) is 0 Å². The molecule has 0 heterocycles. The van der Waals surface area contributed by atoms with Gasteiger partial charge in [0.05, 0.1) is 0 Å². The number of fused-ring (bicyclic) bond motifs is 1. The fourth-order valence-electron chi connectivity index (χ4n) is 5.45. The molecular formula is C25H36O2. The van der Waals surface area contributed by atoms with Gasteiger partial charge in [0.25, 0.3) is 0 Å². The summed E-state index contributed by atoms with van der Waals surface area (Å²) in [5, 5.41) is 0. The molecule has 2 nitrogen and oxygen atoms in total. The molecule has 1 aromatic rings. The second kappa shape index (κ2) is 10.2. The topological polar surface area (TPSA) is 34.1 Å². The van der Waals surface area contributed by atoms with Gasteiger partial charge in [0.15, 0.2) is 0 Å². The number of unbranched alkanes of at least 4 members (excludes halogenated alkanes) is 1. The molecule has 148 valence electrons. The molecule has 0 amide bonds. The monoisotopic (exact) mass is 368 g/mol. The number of hydrogen-bond donors (Lipinski definition) is 0. The van der Waals surface area contributed by atoms with Crippen molar-refractivity contribution in [3.05, 3.63) is 35.9 Å². The summed E-state index contributed by atoms with van der Waals surface area (Å²) in [6.07, 6.45) is 12.9. The Morgan fingerprint density at radius 3 is 2.44 bits per heavy atom. The molecule has 4 unspecified atom stereocenters. The van der Waals surface area contributed by atoms with Crippen LogP contribution in [-0.4, -0.2) is 11.6 Å². The van der Waals surface area contributed by atoms with E-state index in [2.05, 4.69) is 12.1 Å². The molecule has 0 radical (unpaired) electrons. The fourth-order valence-corrected chi connectivity index (χ4v) is 5.45. The van der Waals surface area contributed by atoms with Gasteiger partial charge in [0.1, 0.15) is 11.6 Å². The van der Waals surface area contributed by atoms with Crippen LogP contribution in [0, 0.1) is 23.7 Å². The van der Waals surface area contributed by atoms with E-state index in [0.29, 0.717) is 36.2 Å². The minimum Gasteiger partial charge on any atom is -0.299 e. The predicted molar refractivity (Wildman–Crippen MR) is 111 cm³/mol. The van der Waals surface area contributed by atoms with Crippen LogP contribution >= 0.6 is 0 Å². The second-order valence-corrected chi connectivity index (χ2v) is 8.98. The number of rotatable bonds is 9. The lowest BCUT2D eigenvalue weighted by Crippen LogP contribution is -2.35. The van der Waals surface area contributed by atoms with Crippen molar-refractivity contribution >= 4 is 11.6 Å². The van der Waals surface area contributed by atoms with Crippen molar-refractivity contribution in [1.29, 1.82) is 0 Å². The summed E-state index contributed by atoms with van der Waals surface area (Å²) in [4.78, 5) is 25.2. The Morgan fingerprint density at radius 2 is 1.63 bits per heavy atom. The standard InChI is InChI=1S/C25H36O2/c1-19(18-20-10-3-2-4-11-20)24(26)16-7-8-17-25(27)23-15-9-13-21-12-5-6-14-22(21)23/h2-4,10-11,19,21-23H,5-9,12-18H2,1H3. The zero-order valence-corrected chi connectivity index (χ0v) is 17.0. The van der Waals surface area contributed by atoms with Gasteiger partial charge in [-0.1, -0.05) is 69.4 Å². The van der Waals surface area contributed by atoms with Gasteiger partial charge in [-0.15, -0.1) is 0 Å². The zero-order valence-electron chi connectivity index (χ0n) is 17.0. The first-order chi connectivity index (χ1) is 13.1. The Balaban J connectivity index is 1.36. The highest BCUT2D eigenvalue weighted by Gasteiger charge is 2.37. The van der Waals surface area contributed by atoms with Crippen molar-refractivity contribution in [3.63, 3.8) is 0 Å². The minimum absolute atomic E-state index is 0.0736. The molecule has 27 heavy (non-hydrogen) atoms. The van der Waals surface area contributed by atoms with E-state index in [9.17, 15) is 9.59 Å². The Bertz CT molecular complexity index is 604. The van der Waals surface area contributed by atoms with Gasteiger partial charge in [-0.05, 0) is 49.5 Å². The highest BCUT2D eigenvalue weighted by Crippen LogP contribution is 2.44. The Kier molecular flexibility index (Phi) is 7.67. The van der Waals surface area contributed by atoms with Crippen LogP contribution in [-0.2, 0) is 16.0 Å². The largest absolute Gasteiger partial charge is 0.299 e. The number of carbonyl (C=O) groups excluding carboxylic acids is 2. The smallest absolute Gasteiger partial charge is 0.136 e. The number of Topliss-reactive ketones (excluding diaryl/α,β-unsaturated/α-hetero) is 2. The average Bonchev–Trinajstić information content (AvgIpc) is 2.71. The van der Waals surface area contributed by atoms with Gasteiger partial charge in [0.2, 0.25) is 0 Å². The maximum absolute atomic E-state index is 12.8. The maximum atomic E-state index is 12.8. The van der Waals surface area contributed by atoms with E-state index in [1.54, 1.807) is 0 Å². The third kappa shape index (κ3) is 5.77. The van der Waals surface area contributed by atoms with Crippen molar-refractivity contribution < 1.29 is 9.59 Å². The number of ketones is 2. The van der Waals surface area contributed by atoms with E-state index < -0.39 is 0 Å². The summed E-state index contributed by atoms with van der Waals surface area (Å²) in [6, 6.07) is 10.2. The number of benzene rings is 1. The third-order valence-electron chi connectivity index (χ3n) is 7.02. The summed E-state index contributed by atoms with van der Waals surface area (Å²) >= 11 is 0. The molecule has 1 aromatic carbocycles. The Hall–Kier alpha value is -1.44. The second-order valence-electron chi connectivity index (χ2n) is 8.98. The van der Waals surface area contributed by atoms with Crippen LogP contribution in [0.15, 0.2) is 30.3 Å². The van der Waals surface area contributed by atoms with Gasteiger partial charge in [0, 0.05) is 24.7 Å². The van der Waals surface area contributed by atoms with Gasteiger partial charge in [-0.2, -0.15) is 0 Å². The fraction of sp³-hybridized carbons (Fsp3) is 0.680. The maximum Gasteiger partial charge on any atom is 0.136 e. The number of hydrogen-bond acceptors (Lipinski definition) is 2. The van der Waals surface area contributed by atoms with Gasteiger partial charge >= 0.3 is 0 Å². The summed E-state index contributed by atoms with van der Waals surface area (Å²) < 4.78 is 0. The predicted octanol–water partition coefficient (Wildman–Crippen LogP) is 6.17. The van der Waals surface area contributed by atoms with Crippen molar-refractivity contribution in [2.45, 2.75) is 84.0 Å². The normalized spacial score (nSPS) is 26.2. The number of carbonyl (C=O) groups is 2. The summed E-state index contributed by atoms with van der Waals surface area (Å²) in [5.74, 6) is 2.74. The Labute approximate surface area is 165 Å². The van der Waals surface area contributed by atoms with Crippen molar-refractivity contribution in [2.24, 2.45) is 23.7 Å². The summed E-state index contributed by atoms with van der Waals surface area (Å²) in [5.41, 5.74) is 1.23. The molecule has 4 atom stereocenters. The third-order valence-corrected chi connectivity index (χ3v) is 7.02. The molecule has 2 heteroatoms. The first-order valence-electron chi connectivity index (χ1n) is 11.2. The molecule has 2 fully saturated rings. The van der Waals surface area contributed by atoms with Crippen molar-refractivity contribution in [2.75, 3.05) is 0 Å². The highest BCUT2D eigenvalue weighted by molar-refractivity contribution is 5.82. The molecule has 0 spiro atoms.